The number of benzene rings is 1. The zero-order chi connectivity index (χ0) is 10.7. The van der Waals surface area contributed by atoms with Gasteiger partial charge in [0.25, 0.3) is 0 Å². The molecule has 1 aromatic carbocycles. The molecule has 5 heteroatoms. The molecule has 1 heterocycles. The highest BCUT2D eigenvalue weighted by Gasteiger charge is 2.00. The van der Waals surface area contributed by atoms with Crippen molar-refractivity contribution < 1.29 is 4.79 Å². The lowest BCUT2D eigenvalue weighted by atomic mass is 10.2. The average molecular weight is 221 g/mol. The van der Waals surface area contributed by atoms with E-state index in [2.05, 4.69) is 27.9 Å². The fourth-order valence-corrected chi connectivity index (χ4v) is 1.46. The molecule has 0 saturated carbocycles. The third kappa shape index (κ3) is 2.30. The SMILES string of the molecule is O=C(CS)NCc1ccc2nc[nH]c2c1. The van der Waals surface area contributed by atoms with Crippen LogP contribution in [0.3, 0.4) is 0 Å². The Kier molecular flexibility index (Phi) is 2.91. The first-order chi connectivity index (χ1) is 7.29. The summed E-state index contributed by atoms with van der Waals surface area (Å²) in [7, 11) is 0. The number of aromatic amines is 1. The Balaban J connectivity index is 2.11. The molecule has 4 nitrogen and oxygen atoms in total. The molecular weight excluding hydrogens is 210 g/mol. The lowest BCUT2D eigenvalue weighted by molar-refractivity contribution is -0.118. The highest BCUT2D eigenvalue weighted by atomic mass is 32.1. The van der Waals surface area contributed by atoms with Crippen LogP contribution in [0.15, 0.2) is 24.5 Å². The van der Waals surface area contributed by atoms with Crippen LogP contribution in [-0.4, -0.2) is 21.6 Å². The first-order valence-electron chi connectivity index (χ1n) is 4.59. The topological polar surface area (TPSA) is 57.8 Å². The van der Waals surface area contributed by atoms with Crippen molar-refractivity contribution in [1.29, 1.82) is 0 Å². The summed E-state index contributed by atoms with van der Waals surface area (Å²) in [6, 6.07) is 5.84. The number of rotatable bonds is 3. The molecule has 2 rings (SSSR count). The van der Waals surface area contributed by atoms with E-state index in [0.29, 0.717) is 6.54 Å². The van der Waals surface area contributed by atoms with E-state index in [4.69, 9.17) is 0 Å². The van der Waals surface area contributed by atoms with Crippen LogP contribution in [0.25, 0.3) is 11.0 Å². The fraction of sp³-hybridized carbons (Fsp3) is 0.200. The summed E-state index contributed by atoms with van der Waals surface area (Å²) in [5.41, 5.74) is 2.95. The van der Waals surface area contributed by atoms with Crippen LogP contribution < -0.4 is 5.32 Å². The molecule has 2 N–H and O–H groups in total. The maximum atomic E-state index is 11.0. The molecule has 0 aliphatic heterocycles. The Labute approximate surface area is 92.5 Å². The number of H-pyrrole nitrogens is 1. The van der Waals surface area contributed by atoms with Crippen molar-refractivity contribution in [3.8, 4) is 0 Å². The van der Waals surface area contributed by atoms with Gasteiger partial charge < -0.3 is 10.3 Å². The lowest BCUT2D eigenvalue weighted by Crippen LogP contribution is -2.23. The quantitative estimate of drug-likeness (QED) is 0.680. The minimum Gasteiger partial charge on any atom is -0.351 e. The van der Waals surface area contributed by atoms with Gasteiger partial charge in [0.15, 0.2) is 0 Å². The molecule has 1 aromatic heterocycles. The zero-order valence-corrected chi connectivity index (χ0v) is 8.92. The van der Waals surface area contributed by atoms with Crippen LogP contribution >= 0.6 is 12.6 Å². The molecule has 0 unspecified atom stereocenters. The van der Waals surface area contributed by atoms with Crippen molar-refractivity contribution in [3.63, 3.8) is 0 Å². The number of amides is 1. The summed E-state index contributed by atoms with van der Waals surface area (Å²) in [6.45, 7) is 0.522. The van der Waals surface area contributed by atoms with Crippen molar-refractivity contribution >= 4 is 29.6 Å². The van der Waals surface area contributed by atoms with Crippen LogP contribution in [0.2, 0.25) is 0 Å². The maximum Gasteiger partial charge on any atom is 0.229 e. The number of hydrogen-bond donors (Lipinski definition) is 3. The van der Waals surface area contributed by atoms with E-state index in [1.54, 1.807) is 6.33 Å². The third-order valence-electron chi connectivity index (χ3n) is 2.12. The summed E-state index contributed by atoms with van der Waals surface area (Å²) >= 11 is 3.88. The van der Waals surface area contributed by atoms with Crippen LogP contribution in [-0.2, 0) is 11.3 Å². The zero-order valence-electron chi connectivity index (χ0n) is 8.03. The Morgan fingerprint density at radius 1 is 1.53 bits per heavy atom. The third-order valence-corrected chi connectivity index (χ3v) is 2.41. The van der Waals surface area contributed by atoms with Crippen molar-refractivity contribution in [2.45, 2.75) is 6.54 Å². The Morgan fingerprint density at radius 2 is 2.40 bits per heavy atom. The van der Waals surface area contributed by atoms with Gasteiger partial charge in [0.1, 0.15) is 0 Å². The second-order valence-electron chi connectivity index (χ2n) is 3.19. The number of carbonyl (C=O) groups excluding carboxylic acids is 1. The summed E-state index contributed by atoms with van der Waals surface area (Å²) in [4.78, 5) is 18.1. The number of carbonyl (C=O) groups is 1. The van der Waals surface area contributed by atoms with Gasteiger partial charge in [-0.1, -0.05) is 6.07 Å². The minimum atomic E-state index is -0.0666. The molecule has 0 bridgehead atoms. The van der Waals surface area contributed by atoms with Crippen molar-refractivity contribution in [2.24, 2.45) is 0 Å². The van der Waals surface area contributed by atoms with E-state index in [1.165, 1.54) is 0 Å². The van der Waals surface area contributed by atoms with Gasteiger partial charge >= 0.3 is 0 Å². The number of hydrogen-bond acceptors (Lipinski definition) is 3. The number of nitrogens with zero attached hydrogens (tertiary/aromatic N) is 1. The predicted molar refractivity (Wildman–Crippen MR) is 61.8 cm³/mol. The van der Waals surface area contributed by atoms with Crippen LogP contribution in [0.1, 0.15) is 5.56 Å². The van der Waals surface area contributed by atoms with Crippen molar-refractivity contribution in [2.75, 3.05) is 5.75 Å². The molecule has 0 fully saturated rings. The van der Waals surface area contributed by atoms with Gasteiger partial charge in [-0.2, -0.15) is 12.6 Å². The molecule has 0 radical (unpaired) electrons. The lowest BCUT2D eigenvalue weighted by Gasteiger charge is -2.03. The average Bonchev–Trinajstić information content (AvgIpc) is 2.72. The van der Waals surface area contributed by atoms with Crippen LogP contribution in [0.5, 0.6) is 0 Å². The molecule has 0 spiro atoms. The monoisotopic (exact) mass is 221 g/mol. The van der Waals surface area contributed by atoms with Gasteiger partial charge in [-0.15, -0.1) is 0 Å². The summed E-state index contributed by atoms with van der Waals surface area (Å²) in [5, 5.41) is 2.76. The number of aromatic nitrogens is 2. The summed E-state index contributed by atoms with van der Waals surface area (Å²) in [6.07, 6.45) is 1.65. The first kappa shape index (κ1) is 10.0. The molecule has 2 aromatic rings. The largest absolute Gasteiger partial charge is 0.351 e. The van der Waals surface area contributed by atoms with Crippen molar-refractivity contribution in [1.82, 2.24) is 15.3 Å². The highest BCUT2D eigenvalue weighted by molar-refractivity contribution is 7.81. The van der Waals surface area contributed by atoms with Gasteiger partial charge in [-0.05, 0) is 17.7 Å². The van der Waals surface area contributed by atoms with Crippen molar-refractivity contribution in [3.05, 3.63) is 30.1 Å². The molecule has 78 valence electrons. The minimum absolute atomic E-state index is 0.0666. The standard InChI is InChI=1S/C10H11N3OS/c14-10(5-15)11-4-7-1-2-8-9(3-7)13-6-12-8/h1-3,6,15H,4-5H2,(H,11,14)(H,12,13). The van der Waals surface area contributed by atoms with Gasteiger partial charge in [0.05, 0.1) is 23.1 Å². The molecular formula is C10H11N3OS. The van der Waals surface area contributed by atoms with E-state index < -0.39 is 0 Å². The normalized spacial score (nSPS) is 10.5. The van der Waals surface area contributed by atoms with Gasteiger partial charge in [-0.25, -0.2) is 4.98 Å². The Hall–Kier alpha value is -1.49. The number of nitrogens with one attached hydrogen (secondary N) is 2. The Bertz CT molecular complexity index is 480. The van der Waals surface area contributed by atoms with E-state index in [1.807, 2.05) is 18.2 Å². The highest BCUT2D eigenvalue weighted by Crippen LogP contribution is 2.11. The van der Waals surface area contributed by atoms with E-state index >= 15 is 0 Å². The van der Waals surface area contributed by atoms with Crippen LogP contribution in [0.4, 0.5) is 0 Å². The molecule has 1 amide bonds. The molecule has 0 aliphatic rings. The number of imidazole rings is 1. The molecule has 0 aliphatic carbocycles. The van der Waals surface area contributed by atoms with E-state index in [-0.39, 0.29) is 11.7 Å². The number of fused-ring (bicyclic) bond motifs is 1. The first-order valence-corrected chi connectivity index (χ1v) is 5.22. The predicted octanol–water partition coefficient (Wildman–Crippen LogP) is 1.11. The molecule has 15 heavy (non-hydrogen) atoms. The fourth-order valence-electron chi connectivity index (χ4n) is 1.35. The maximum absolute atomic E-state index is 11.0. The van der Waals surface area contributed by atoms with E-state index in [0.717, 1.165) is 16.6 Å². The van der Waals surface area contributed by atoms with Gasteiger partial charge in [0, 0.05) is 6.54 Å². The van der Waals surface area contributed by atoms with Gasteiger partial charge in [-0.3, -0.25) is 4.79 Å². The molecule has 0 saturated heterocycles. The Morgan fingerprint density at radius 3 is 3.20 bits per heavy atom. The second kappa shape index (κ2) is 4.35. The van der Waals surface area contributed by atoms with Gasteiger partial charge in [0.2, 0.25) is 5.91 Å². The van der Waals surface area contributed by atoms with Crippen LogP contribution in [0, 0.1) is 0 Å². The number of thiol groups is 1. The smallest absolute Gasteiger partial charge is 0.229 e. The molecule has 0 atom stereocenters. The summed E-state index contributed by atoms with van der Waals surface area (Å²) in [5.74, 6) is 0.148. The second-order valence-corrected chi connectivity index (χ2v) is 3.51. The summed E-state index contributed by atoms with van der Waals surface area (Å²) < 4.78 is 0. The van der Waals surface area contributed by atoms with E-state index in [9.17, 15) is 4.79 Å².